The van der Waals surface area contributed by atoms with Gasteiger partial charge in [0, 0.05) is 20.2 Å². The molecule has 0 bridgehead atoms. The second kappa shape index (κ2) is 8.48. The first-order valence-corrected chi connectivity index (χ1v) is 6.14. The Morgan fingerprint density at radius 3 is 2.63 bits per heavy atom. The average Bonchev–Trinajstić information content (AvgIpc) is 2.43. The second-order valence-electron chi connectivity index (χ2n) is 4.36. The number of nitrogens with zero attached hydrogens (tertiary/aromatic N) is 2. The van der Waals surface area contributed by atoms with E-state index in [9.17, 15) is 5.11 Å². The molecule has 1 aromatic carbocycles. The molecule has 0 radical (unpaired) electrons. The second-order valence-corrected chi connectivity index (χ2v) is 4.36. The van der Waals surface area contributed by atoms with Crippen molar-refractivity contribution in [1.29, 1.82) is 5.26 Å². The molecular weight excluding hydrogens is 244 g/mol. The van der Waals surface area contributed by atoms with Crippen LogP contribution in [-0.2, 0) is 4.74 Å². The summed E-state index contributed by atoms with van der Waals surface area (Å²) < 4.78 is 10.4. The summed E-state index contributed by atoms with van der Waals surface area (Å²) in [4.78, 5) is 1.98. The van der Waals surface area contributed by atoms with Crippen molar-refractivity contribution in [3.8, 4) is 11.8 Å². The SMILES string of the molecule is COCCN(C)CC(O)COc1ccc(C#N)cc1. The first-order chi connectivity index (χ1) is 9.15. The van der Waals surface area contributed by atoms with Crippen LogP contribution in [0.5, 0.6) is 5.75 Å². The number of rotatable bonds is 8. The Balaban J connectivity index is 2.29. The lowest BCUT2D eigenvalue weighted by molar-refractivity contribution is 0.0668. The van der Waals surface area contributed by atoms with E-state index >= 15 is 0 Å². The van der Waals surface area contributed by atoms with Gasteiger partial charge < -0.3 is 19.5 Å². The standard InChI is InChI=1S/C14H20N2O3/c1-16(7-8-18-2)10-13(17)11-19-14-5-3-12(9-15)4-6-14/h3-6,13,17H,7-8,10-11H2,1-2H3. The highest BCUT2D eigenvalue weighted by Gasteiger charge is 2.09. The molecule has 0 aliphatic heterocycles. The number of nitriles is 1. The van der Waals surface area contributed by atoms with Crippen LogP contribution in [0.2, 0.25) is 0 Å². The molecule has 1 rings (SSSR count). The first-order valence-electron chi connectivity index (χ1n) is 6.14. The summed E-state index contributed by atoms with van der Waals surface area (Å²) in [6.45, 7) is 2.16. The molecule has 0 amide bonds. The fourth-order valence-electron chi connectivity index (χ4n) is 1.57. The van der Waals surface area contributed by atoms with Crippen LogP contribution >= 0.6 is 0 Å². The van der Waals surface area contributed by atoms with Crippen molar-refractivity contribution < 1.29 is 14.6 Å². The van der Waals surface area contributed by atoms with Crippen LogP contribution in [0, 0.1) is 11.3 Å². The van der Waals surface area contributed by atoms with Crippen molar-refractivity contribution in [3.05, 3.63) is 29.8 Å². The van der Waals surface area contributed by atoms with E-state index in [0.29, 0.717) is 24.5 Å². The summed E-state index contributed by atoms with van der Waals surface area (Å²) in [5.41, 5.74) is 0.590. The Morgan fingerprint density at radius 2 is 2.05 bits per heavy atom. The smallest absolute Gasteiger partial charge is 0.119 e. The van der Waals surface area contributed by atoms with Gasteiger partial charge in [0.15, 0.2) is 0 Å². The number of likely N-dealkylation sites (N-methyl/N-ethyl adjacent to an activating group) is 1. The molecular formula is C14H20N2O3. The van der Waals surface area contributed by atoms with E-state index in [0.717, 1.165) is 6.54 Å². The molecule has 0 aromatic heterocycles. The summed E-state index contributed by atoms with van der Waals surface area (Å²) in [5.74, 6) is 0.651. The van der Waals surface area contributed by atoms with Gasteiger partial charge in [-0.25, -0.2) is 0 Å². The Labute approximate surface area is 114 Å². The van der Waals surface area contributed by atoms with Crippen molar-refractivity contribution in [3.63, 3.8) is 0 Å². The Kier molecular flexibility index (Phi) is 6.90. The van der Waals surface area contributed by atoms with Crippen LogP contribution in [0.15, 0.2) is 24.3 Å². The molecule has 0 spiro atoms. The summed E-state index contributed by atoms with van der Waals surface area (Å²) >= 11 is 0. The van der Waals surface area contributed by atoms with Crippen LogP contribution in [0.4, 0.5) is 0 Å². The van der Waals surface area contributed by atoms with Gasteiger partial charge in [0.25, 0.3) is 0 Å². The molecule has 1 N–H and O–H groups in total. The molecule has 0 saturated heterocycles. The van der Waals surface area contributed by atoms with Crippen LogP contribution in [0.3, 0.4) is 0 Å². The zero-order valence-corrected chi connectivity index (χ0v) is 11.4. The topological polar surface area (TPSA) is 65.7 Å². The lowest BCUT2D eigenvalue weighted by Gasteiger charge is -2.20. The van der Waals surface area contributed by atoms with Crippen molar-refractivity contribution in [2.24, 2.45) is 0 Å². The molecule has 0 fully saturated rings. The van der Waals surface area contributed by atoms with Gasteiger partial charge in [-0.2, -0.15) is 5.26 Å². The van der Waals surface area contributed by atoms with Gasteiger partial charge in [-0.3, -0.25) is 0 Å². The lowest BCUT2D eigenvalue weighted by atomic mass is 10.2. The van der Waals surface area contributed by atoms with Gasteiger partial charge in [-0.05, 0) is 31.3 Å². The number of hydrogen-bond acceptors (Lipinski definition) is 5. The molecule has 19 heavy (non-hydrogen) atoms. The molecule has 0 aliphatic carbocycles. The maximum atomic E-state index is 9.82. The number of benzene rings is 1. The minimum absolute atomic E-state index is 0.225. The van der Waals surface area contributed by atoms with Crippen molar-refractivity contribution >= 4 is 0 Å². The van der Waals surface area contributed by atoms with Gasteiger partial charge in [-0.15, -0.1) is 0 Å². The van der Waals surface area contributed by atoms with Crippen molar-refractivity contribution in [2.75, 3.05) is 40.5 Å². The third-order valence-corrected chi connectivity index (χ3v) is 2.63. The normalized spacial score (nSPS) is 12.2. The van der Waals surface area contributed by atoms with E-state index < -0.39 is 6.10 Å². The highest BCUT2D eigenvalue weighted by molar-refractivity contribution is 5.34. The molecule has 1 unspecified atom stereocenters. The van der Waals surface area contributed by atoms with E-state index in [1.54, 1.807) is 31.4 Å². The Morgan fingerprint density at radius 1 is 1.37 bits per heavy atom. The van der Waals surface area contributed by atoms with Gasteiger partial charge >= 0.3 is 0 Å². The summed E-state index contributed by atoms with van der Waals surface area (Å²) in [7, 11) is 3.57. The minimum Gasteiger partial charge on any atom is -0.491 e. The number of ether oxygens (including phenoxy) is 2. The summed E-state index contributed by atoms with van der Waals surface area (Å²) in [5, 5.41) is 18.5. The van der Waals surface area contributed by atoms with Crippen molar-refractivity contribution in [2.45, 2.75) is 6.10 Å². The molecule has 0 aliphatic rings. The average molecular weight is 264 g/mol. The van der Waals surface area contributed by atoms with Crippen LogP contribution in [0.25, 0.3) is 0 Å². The van der Waals surface area contributed by atoms with Crippen LogP contribution < -0.4 is 4.74 Å². The zero-order valence-electron chi connectivity index (χ0n) is 11.4. The quantitative estimate of drug-likeness (QED) is 0.755. The number of aliphatic hydroxyl groups is 1. The number of methoxy groups -OCH3 is 1. The highest BCUT2D eigenvalue weighted by atomic mass is 16.5. The maximum Gasteiger partial charge on any atom is 0.119 e. The third-order valence-electron chi connectivity index (χ3n) is 2.63. The van der Waals surface area contributed by atoms with Crippen LogP contribution in [-0.4, -0.2) is 56.6 Å². The van der Waals surface area contributed by atoms with E-state index in [-0.39, 0.29) is 6.61 Å². The highest BCUT2D eigenvalue weighted by Crippen LogP contribution is 2.11. The maximum absolute atomic E-state index is 9.82. The molecule has 1 aromatic rings. The van der Waals surface area contributed by atoms with Gasteiger partial charge in [0.1, 0.15) is 18.5 Å². The number of hydrogen-bond donors (Lipinski definition) is 1. The van der Waals surface area contributed by atoms with E-state index in [1.807, 2.05) is 18.0 Å². The fourth-order valence-corrected chi connectivity index (χ4v) is 1.57. The molecule has 5 nitrogen and oxygen atoms in total. The summed E-state index contributed by atoms with van der Waals surface area (Å²) in [6, 6.07) is 8.86. The van der Waals surface area contributed by atoms with E-state index in [1.165, 1.54) is 0 Å². The predicted molar refractivity (Wildman–Crippen MR) is 72.0 cm³/mol. The monoisotopic (exact) mass is 264 g/mol. The molecule has 5 heteroatoms. The Hall–Kier alpha value is -1.61. The van der Waals surface area contributed by atoms with E-state index in [4.69, 9.17) is 14.7 Å². The lowest BCUT2D eigenvalue weighted by Crippen LogP contribution is -2.34. The van der Waals surface area contributed by atoms with Gasteiger partial charge in [0.05, 0.1) is 18.2 Å². The fraction of sp³-hybridized carbons (Fsp3) is 0.500. The van der Waals surface area contributed by atoms with Gasteiger partial charge in [0.2, 0.25) is 0 Å². The third kappa shape index (κ3) is 6.20. The Bertz CT molecular complexity index is 400. The van der Waals surface area contributed by atoms with Crippen LogP contribution in [0.1, 0.15) is 5.56 Å². The molecule has 0 heterocycles. The minimum atomic E-state index is -0.558. The summed E-state index contributed by atoms with van der Waals surface area (Å²) in [6.07, 6.45) is -0.558. The molecule has 0 saturated carbocycles. The largest absolute Gasteiger partial charge is 0.491 e. The van der Waals surface area contributed by atoms with Crippen molar-refractivity contribution in [1.82, 2.24) is 4.90 Å². The van der Waals surface area contributed by atoms with E-state index in [2.05, 4.69) is 0 Å². The predicted octanol–water partition coefficient (Wildman–Crippen LogP) is 0.876. The number of aliphatic hydroxyl groups excluding tert-OH is 1. The zero-order chi connectivity index (χ0) is 14.1. The molecule has 104 valence electrons. The first kappa shape index (κ1) is 15.4. The molecule has 1 atom stereocenters. The van der Waals surface area contributed by atoms with Gasteiger partial charge in [-0.1, -0.05) is 0 Å².